The SMILES string of the molecule is COc1c(-c2ccccc2)cccc1C1(C2CCOCC2)N=C(N)C(SC)=N1. The maximum Gasteiger partial charge on any atom is 0.186 e. The second kappa shape index (κ2) is 7.97. The van der Waals surface area contributed by atoms with E-state index in [4.69, 9.17) is 25.2 Å². The molecule has 2 aliphatic rings. The van der Waals surface area contributed by atoms with E-state index in [-0.39, 0.29) is 5.92 Å². The van der Waals surface area contributed by atoms with E-state index < -0.39 is 5.66 Å². The van der Waals surface area contributed by atoms with Crippen molar-refractivity contribution < 1.29 is 9.47 Å². The molecule has 0 aliphatic carbocycles. The van der Waals surface area contributed by atoms with E-state index in [1.54, 1.807) is 7.11 Å². The standard InChI is InChI=1S/C22H25N3O2S/c1-26-19-17(15-7-4-3-5-8-15)9-6-10-18(19)22(16-11-13-27-14-12-16)24-20(23)21(25-22)28-2/h3-10,16H,11-14H2,1-2H3,(H2,23,24). The van der Waals surface area contributed by atoms with Crippen LogP contribution in [0.3, 0.4) is 0 Å². The van der Waals surface area contributed by atoms with Crippen LogP contribution in [-0.4, -0.2) is 37.5 Å². The first-order chi connectivity index (χ1) is 13.7. The van der Waals surface area contributed by atoms with Gasteiger partial charge in [0.05, 0.1) is 7.11 Å². The first kappa shape index (κ1) is 19.0. The molecule has 2 aliphatic heterocycles. The van der Waals surface area contributed by atoms with Crippen LogP contribution in [0.25, 0.3) is 11.1 Å². The van der Waals surface area contributed by atoms with Crippen molar-refractivity contribution in [3.8, 4) is 16.9 Å². The predicted octanol–water partition coefficient (Wildman–Crippen LogP) is 4.07. The maximum atomic E-state index is 6.28. The van der Waals surface area contributed by atoms with Crippen LogP contribution in [0.5, 0.6) is 5.75 Å². The van der Waals surface area contributed by atoms with Gasteiger partial charge in [-0.3, -0.25) is 0 Å². The van der Waals surface area contributed by atoms with Gasteiger partial charge in [0.15, 0.2) is 11.5 Å². The lowest BCUT2D eigenvalue weighted by molar-refractivity contribution is 0.0399. The molecule has 1 saturated heterocycles. The lowest BCUT2D eigenvalue weighted by Crippen LogP contribution is -2.35. The zero-order valence-electron chi connectivity index (χ0n) is 16.2. The Hall–Kier alpha value is -2.31. The molecule has 0 radical (unpaired) electrons. The minimum atomic E-state index is -0.762. The van der Waals surface area contributed by atoms with Crippen LogP contribution in [-0.2, 0) is 10.4 Å². The molecule has 0 saturated carbocycles. The molecular weight excluding hydrogens is 370 g/mol. The summed E-state index contributed by atoms with van der Waals surface area (Å²) < 4.78 is 11.6. The van der Waals surface area contributed by atoms with E-state index in [9.17, 15) is 0 Å². The first-order valence-electron chi connectivity index (χ1n) is 9.50. The third-order valence-corrected chi connectivity index (χ3v) is 6.15. The Morgan fingerprint density at radius 3 is 2.46 bits per heavy atom. The minimum Gasteiger partial charge on any atom is -0.496 e. The highest BCUT2D eigenvalue weighted by molar-refractivity contribution is 8.15. The van der Waals surface area contributed by atoms with Crippen LogP contribution in [0.1, 0.15) is 18.4 Å². The fraction of sp³-hybridized carbons (Fsp3) is 0.364. The normalized spacial score (nSPS) is 22.6. The van der Waals surface area contributed by atoms with E-state index in [2.05, 4.69) is 30.3 Å². The number of nitrogens with zero attached hydrogens (tertiary/aromatic N) is 2. The van der Waals surface area contributed by atoms with Gasteiger partial charge in [0, 0.05) is 30.3 Å². The summed E-state index contributed by atoms with van der Waals surface area (Å²) >= 11 is 1.54. The van der Waals surface area contributed by atoms with Gasteiger partial charge in [-0.25, -0.2) is 9.98 Å². The number of nitrogens with two attached hydrogens (primary N) is 1. The number of rotatable bonds is 4. The van der Waals surface area contributed by atoms with E-state index in [1.807, 2.05) is 24.5 Å². The topological polar surface area (TPSA) is 69.2 Å². The summed E-state index contributed by atoms with van der Waals surface area (Å²) in [4.78, 5) is 10.0. The number of hydrogen-bond donors (Lipinski definition) is 1. The number of para-hydroxylation sites is 1. The number of methoxy groups -OCH3 is 1. The van der Waals surface area contributed by atoms with Crippen molar-refractivity contribution in [3.05, 3.63) is 54.1 Å². The van der Waals surface area contributed by atoms with E-state index in [1.165, 1.54) is 11.8 Å². The van der Waals surface area contributed by atoms with Gasteiger partial charge in [-0.2, -0.15) is 0 Å². The van der Waals surface area contributed by atoms with Gasteiger partial charge >= 0.3 is 0 Å². The lowest BCUT2D eigenvalue weighted by atomic mass is 9.80. The quantitative estimate of drug-likeness (QED) is 0.847. The number of benzene rings is 2. The molecule has 2 aromatic rings. The average Bonchev–Trinajstić information content (AvgIpc) is 3.12. The van der Waals surface area contributed by atoms with Gasteiger partial charge in [0.2, 0.25) is 0 Å². The van der Waals surface area contributed by atoms with Crippen LogP contribution in [0.2, 0.25) is 0 Å². The Bertz CT molecular complexity index is 907. The Morgan fingerprint density at radius 2 is 1.82 bits per heavy atom. The molecule has 5 nitrogen and oxygen atoms in total. The second-order valence-corrected chi connectivity index (χ2v) is 7.78. The second-order valence-electron chi connectivity index (χ2n) is 6.98. The summed E-state index contributed by atoms with van der Waals surface area (Å²) in [6.07, 6.45) is 3.76. The van der Waals surface area contributed by atoms with E-state index >= 15 is 0 Å². The van der Waals surface area contributed by atoms with Crippen molar-refractivity contribution in [2.75, 3.05) is 26.6 Å². The fourth-order valence-corrected chi connectivity index (χ4v) is 4.62. The van der Waals surface area contributed by atoms with Crippen LogP contribution < -0.4 is 10.5 Å². The van der Waals surface area contributed by atoms with Crippen molar-refractivity contribution in [1.29, 1.82) is 0 Å². The van der Waals surface area contributed by atoms with Crippen LogP contribution in [0.15, 0.2) is 58.5 Å². The number of hydrogen-bond acceptors (Lipinski definition) is 6. The summed E-state index contributed by atoms with van der Waals surface area (Å²) in [5, 5.41) is 0.790. The molecule has 0 aromatic heterocycles. The molecule has 0 amide bonds. The highest BCUT2D eigenvalue weighted by Gasteiger charge is 2.47. The molecule has 0 bridgehead atoms. The summed E-state index contributed by atoms with van der Waals surface area (Å²) in [6, 6.07) is 16.5. The summed E-state index contributed by atoms with van der Waals surface area (Å²) in [5.41, 5.74) is 8.62. The lowest BCUT2D eigenvalue weighted by Gasteiger charge is -2.36. The van der Waals surface area contributed by atoms with Crippen LogP contribution >= 0.6 is 11.8 Å². The van der Waals surface area contributed by atoms with Gasteiger partial charge < -0.3 is 15.2 Å². The molecule has 1 unspecified atom stereocenters. The van der Waals surface area contributed by atoms with Gasteiger partial charge in [-0.05, 0) is 24.7 Å². The minimum absolute atomic E-state index is 0.212. The molecule has 4 rings (SSSR count). The molecule has 0 spiro atoms. The number of aliphatic imine (C=N–C) groups is 2. The van der Waals surface area contributed by atoms with E-state index in [0.717, 1.165) is 40.3 Å². The number of amidine groups is 1. The molecule has 1 fully saturated rings. The Morgan fingerprint density at radius 1 is 1.07 bits per heavy atom. The summed E-state index contributed by atoms with van der Waals surface area (Å²) in [6.45, 7) is 1.43. The Kier molecular flexibility index (Phi) is 5.42. The largest absolute Gasteiger partial charge is 0.496 e. The smallest absolute Gasteiger partial charge is 0.186 e. The third-order valence-electron chi connectivity index (χ3n) is 5.47. The summed E-state index contributed by atoms with van der Waals surface area (Å²) in [7, 11) is 1.71. The van der Waals surface area contributed by atoms with Crippen molar-refractivity contribution in [3.63, 3.8) is 0 Å². The predicted molar refractivity (Wildman–Crippen MR) is 116 cm³/mol. The van der Waals surface area contributed by atoms with Crippen LogP contribution in [0.4, 0.5) is 0 Å². The highest BCUT2D eigenvalue weighted by atomic mass is 32.2. The molecule has 2 N–H and O–H groups in total. The molecule has 1 atom stereocenters. The van der Waals surface area contributed by atoms with Crippen molar-refractivity contribution in [2.45, 2.75) is 18.5 Å². The van der Waals surface area contributed by atoms with Gasteiger partial charge in [-0.15, -0.1) is 11.8 Å². The first-order valence-corrected chi connectivity index (χ1v) is 10.7. The van der Waals surface area contributed by atoms with Crippen molar-refractivity contribution in [1.82, 2.24) is 0 Å². The van der Waals surface area contributed by atoms with Gasteiger partial charge in [0.25, 0.3) is 0 Å². The van der Waals surface area contributed by atoms with Crippen molar-refractivity contribution in [2.24, 2.45) is 21.6 Å². The zero-order chi connectivity index (χ0) is 19.6. The van der Waals surface area contributed by atoms with Gasteiger partial charge in [-0.1, -0.05) is 48.5 Å². The molecule has 2 aromatic carbocycles. The van der Waals surface area contributed by atoms with Crippen LogP contribution in [0, 0.1) is 5.92 Å². The zero-order valence-corrected chi connectivity index (χ0v) is 17.0. The maximum absolute atomic E-state index is 6.28. The molecule has 6 heteroatoms. The average molecular weight is 396 g/mol. The van der Waals surface area contributed by atoms with Crippen molar-refractivity contribution >= 4 is 22.6 Å². The summed E-state index contributed by atoms with van der Waals surface area (Å²) in [5.74, 6) is 1.53. The molecule has 146 valence electrons. The number of thioether (sulfide) groups is 1. The van der Waals surface area contributed by atoms with Gasteiger partial charge in [0.1, 0.15) is 10.8 Å². The molecule has 2 heterocycles. The molecular formula is C22H25N3O2S. The number of ether oxygens (including phenoxy) is 2. The highest BCUT2D eigenvalue weighted by Crippen LogP contribution is 2.49. The monoisotopic (exact) mass is 395 g/mol. The Labute approximate surface area is 170 Å². The third kappa shape index (κ3) is 3.20. The van der Waals surface area contributed by atoms with E-state index in [0.29, 0.717) is 19.0 Å². The Balaban J connectivity index is 1.92. The molecule has 28 heavy (non-hydrogen) atoms. The fourth-order valence-electron chi connectivity index (χ4n) is 4.13.